The minimum absolute atomic E-state index is 0.0342. The molecule has 0 radical (unpaired) electrons. The van der Waals surface area contributed by atoms with E-state index in [1.54, 1.807) is 4.90 Å². The maximum Gasteiger partial charge on any atom is 0.227 e. The van der Waals surface area contributed by atoms with Crippen LogP contribution in [0.4, 0.5) is 11.4 Å². The first-order chi connectivity index (χ1) is 16.7. The number of nitrogens with zero attached hydrogens (tertiary/aromatic N) is 3. The normalized spacial score (nSPS) is 20.5. The summed E-state index contributed by atoms with van der Waals surface area (Å²) >= 11 is 0. The third kappa shape index (κ3) is 5.12. The minimum Gasteiger partial charge on any atom is -0.486 e. The van der Waals surface area contributed by atoms with E-state index in [2.05, 4.69) is 39.4 Å². The van der Waals surface area contributed by atoms with Crippen LogP contribution in [0.1, 0.15) is 12.8 Å². The molecule has 1 unspecified atom stereocenters. The van der Waals surface area contributed by atoms with Crippen LogP contribution in [0.25, 0.3) is 0 Å². The Morgan fingerprint density at radius 3 is 2.50 bits per heavy atom. The zero-order valence-electron chi connectivity index (χ0n) is 19.4. The van der Waals surface area contributed by atoms with E-state index < -0.39 is 0 Å². The number of hydrogen-bond donors (Lipinski definition) is 1. The van der Waals surface area contributed by atoms with E-state index in [1.807, 2.05) is 24.3 Å². The van der Waals surface area contributed by atoms with Gasteiger partial charge in [-0.2, -0.15) is 0 Å². The number of rotatable bonds is 7. The van der Waals surface area contributed by atoms with Gasteiger partial charge in [0.15, 0.2) is 11.5 Å². The number of hydrogen-bond acceptors (Lipinski definition) is 6. The third-order valence-corrected chi connectivity index (χ3v) is 6.78. The molecule has 2 saturated heterocycles. The molecule has 1 atom stereocenters. The Morgan fingerprint density at radius 1 is 0.941 bits per heavy atom. The quantitative estimate of drug-likeness (QED) is 0.633. The van der Waals surface area contributed by atoms with Gasteiger partial charge in [-0.3, -0.25) is 14.5 Å². The fourth-order valence-electron chi connectivity index (χ4n) is 4.86. The minimum atomic E-state index is -0.324. The number of nitrogens with one attached hydrogen (secondary N) is 1. The highest BCUT2D eigenvalue weighted by Gasteiger charge is 2.35. The van der Waals surface area contributed by atoms with E-state index in [0.29, 0.717) is 37.8 Å². The second kappa shape index (κ2) is 10.3. The number of benzene rings is 2. The van der Waals surface area contributed by atoms with Gasteiger partial charge in [0.25, 0.3) is 0 Å². The monoisotopic (exact) mass is 464 g/mol. The summed E-state index contributed by atoms with van der Waals surface area (Å²) in [6, 6.07) is 16.0. The highest BCUT2D eigenvalue weighted by molar-refractivity contribution is 6.00. The third-order valence-electron chi connectivity index (χ3n) is 6.78. The number of carbonyl (C=O) groups excluding carboxylic acids is 2. The molecule has 8 nitrogen and oxygen atoms in total. The number of para-hydroxylation sites is 1. The topological polar surface area (TPSA) is 74.4 Å². The standard InChI is InChI=1S/C26H32N4O4/c31-25-17-20(19-30(25)22-7-8-23-24(18-22)34-16-15-33-23)26(32)27-9-4-10-28-11-13-29(14-12-28)21-5-2-1-3-6-21/h1-3,5-8,18,20H,4,9-17,19H2,(H,27,32). The molecule has 1 N–H and O–H groups in total. The van der Waals surface area contributed by atoms with E-state index in [9.17, 15) is 9.59 Å². The van der Waals surface area contributed by atoms with Gasteiger partial charge in [0.05, 0.1) is 5.92 Å². The van der Waals surface area contributed by atoms with E-state index in [-0.39, 0.29) is 24.2 Å². The molecule has 3 heterocycles. The Balaban J connectivity index is 1.03. The predicted molar refractivity (Wildman–Crippen MR) is 131 cm³/mol. The van der Waals surface area contributed by atoms with Crippen molar-refractivity contribution >= 4 is 23.2 Å². The predicted octanol–water partition coefficient (Wildman–Crippen LogP) is 2.14. The summed E-state index contributed by atoms with van der Waals surface area (Å²) < 4.78 is 11.2. The van der Waals surface area contributed by atoms with Crippen LogP contribution >= 0.6 is 0 Å². The van der Waals surface area contributed by atoms with Gasteiger partial charge in [0.2, 0.25) is 11.8 Å². The van der Waals surface area contributed by atoms with Crippen molar-refractivity contribution in [2.24, 2.45) is 5.92 Å². The van der Waals surface area contributed by atoms with Gasteiger partial charge in [-0.15, -0.1) is 0 Å². The van der Waals surface area contributed by atoms with Crippen molar-refractivity contribution in [2.75, 3.05) is 68.8 Å². The highest BCUT2D eigenvalue weighted by Crippen LogP contribution is 2.36. The van der Waals surface area contributed by atoms with E-state index in [1.165, 1.54) is 5.69 Å². The molecule has 8 heteroatoms. The summed E-state index contributed by atoms with van der Waals surface area (Å²) in [4.78, 5) is 31.8. The smallest absolute Gasteiger partial charge is 0.227 e. The fraction of sp³-hybridized carbons (Fsp3) is 0.462. The van der Waals surface area contributed by atoms with Crippen molar-refractivity contribution in [3.8, 4) is 11.5 Å². The maximum absolute atomic E-state index is 12.7. The van der Waals surface area contributed by atoms with Crippen molar-refractivity contribution in [3.05, 3.63) is 48.5 Å². The SMILES string of the molecule is O=C(NCCCN1CCN(c2ccccc2)CC1)C1CC(=O)N(c2ccc3c(c2)OCCO3)C1. The number of fused-ring (bicyclic) bond motifs is 1. The van der Waals surface area contributed by atoms with Crippen molar-refractivity contribution in [1.82, 2.24) is 10.2 Å². The average molecular weight is 465 g/mol. The van der Waals surface area contributed by atoms with Gasteiger partial charge in [-0.1, -0.05) is 18.2 Å². The van der Waals surface area contributed by atoms with Crippen LogP contribution in [0.3, 0.4) is 0 Å². The van der Waals surface area contributed by atoms with Gasteiger partial charge in [-0.05, 0) is 37.2 Å². The maximum atomic E-state index is 12.7. The highest BCUT2D eigenvalue weighted by atomic mass is 16.6. The summed E-state index contributed by atoms with van der Waals surface area (Å²) in [6.45, 7) is 7.13. The lowest BCUT2D eigenvalue weighted by molar-refractivity contribution is -0.126. The molecular weight excluding hydrogens is 432 g/mol. The molecule has 2 aromatic carbocycles. The number of ether oxygens (including phenoxy) is 2. The lowest BCUT2D eigenvalue weighted by atomic mass is 10.1. The number of anilines is 2. The summed E-state index contributed by atoms with van der Waals surface area (Å²) in [5.74, 6) is 0.942. The first-order valence-electron chi connectivity index (χ1n) is 12.2. The summed E-state index contributed by atoms with van der Waals surface area (Å²) in [5.41, 5.74) is 2.03. The van der Waals surface area contributed by atoms with Crippen molar-refractivity contribution in [2.45, 2.75) is 12.8 Å². The van der Waals surface area contributed by atoms with Gasteiger partial charge in [0.1, 0.15) is 13.2 Å². The van der Waals surface area contributed by atoms with Crippen LogP contribution in [0.2, 0.25) is 0 Å². The summed E-state index contributed by atoms with van der Waals surface area (Å²) in [6.07, 6.45) is 1.14. The molecule has 34 heavy (non-hydrogen) atoms. The molecule has 0 aliphatic carbocycles. The number of carbonyl (C=O) groups is 2. The largest absolute Gasteiger partial charge is 0.486 e. The molecule has 0 bridgehead atoms. The van der Waals surface area contributed by atoms with Crippen LogP contribution in [0, 0.1) is 5.92 Å². The molecule has 3 aliphatic heterocycles. The van der Waals surface area contributed by atoms with Gasteiger partial charge in [-0.25, -0.2) is 0 Å². The second-order valence-corrected chi connectivity index (χ2v) is 9.04. The van der Waals surface area contributed by atoms with E-state index >= 15 is 0 Å². The van der Waals surface area contributed by atoms with E-state index in [0.717, 1.165) is 44.8 Å². The van der Waals surface area contributed by atoms with Crippen molar-refractivity contribution in [1.29, 1.82) is 0 Å². The molecule has 5 rings (SSSR count). The second-order valence-electron chi connectivity index (χ2n) is 9.04. The molecule has 3 aliphatic rings. The van der Waals surface area contributed by atoms with Crippen molar-refractivity contribution < 1.29 is 19.1 Å². The summed E-state index contributed by atoms with van der Waals surface area (Å²) in [7, 11) is 0. The Kier molecular flexibility index (Phi) is 6.85. The van der Waals surface area contributed by atoms with E-state index in [4.69, 9.17) is 9.47 Å². The van der Waals surface area contributed by atoms with Crippen LogP contribution < -0.4 is 24.6 Å². The molecule has 0 aromatic heterocycles. The Bertz CT molecular complexity index is 1010. The molecule has 0 spiro atoms. The summed E-state index contributed by atoms with van der Waals surface area (Å²) in [5, 5.41) is 3.04. The Hall–Kier alpha value is -3.26. The molecule has 0 saturated carbocycles. The molecule has 2 fully saturated rings. The molecule has 180 valence electrons. The van der Waals surface area contributed by atoms with Crippen molar-refractivity contribution in [3.63, 3.8) is 0 Å². The lowest BCUT2D eigenvalue weighted by Gasteiger charge is -2.36. The molecular formula is C26H32N4O4. The first-order valence-corrected chi connectivity index (χ1v) is 12.2. The van der Waals surface area contributed by atoms with Crippen LogP contribution in [0.15, 0.2) is 48.5 Å². The fourth-order valence-corrected chi connectivity index (χ4v) is 4.86. The Labute approximate surface area is 200 Å². The van der Waals surface area contributed by atoms with Crippen LogP contribution in [-0.2, 0) is 9.59 Å². The number of amides is 2. The van der Waals surface area contributed by atoms with Gasteiger partial charge < -0.3 is 24.6 Å². The van der Waals surface area contributed by atoms with Crippen LogP contribution in [-0.4, -0.2) is 75.7 Å². The number of piperazine rings is 1. The zero-order valence-corrected chi connectivity index (χ0v) is 19.4. The zero-order chi connectivity index (χ0) is 23.3. The molecule has 2 aromatic rings. The Morgan fingerprint density at radius 2 is 1.71 bits per heavy atom. The lowest BCUT2D eigenvalue weighted by Crippen LogP contribution is -2.47. The van der Waals surface area contributed by atoms with Gasteiger partial charge in [0, 0.05) is 63.1 Å². The average Bonchev–Trinajstić information content (AvgIpc) is 3.29. The molecule has 2 amide bonds. The van der Waals surface area contributed by atoms with Gasteiger partial charge >= 0.3 is 0 Å². The first kappa shape index (κ1) is 22.5. The van der Waals surface area contributed by atoms with Crippen LogP contribution in [0.5, 0.6) is 11.5 Å².